The largest absolute Gasteiger partial charge is 0.462 e. The van der Waals surface area contributed by atoms with Crippen molar-refractivity contribution < 1.29 is 28.6 Å². The highest BCUT2D eigenvalue weighted by molar-refractivity contribution is 5.72. The van der Waals surface area contributed by atoms with Gasteiger partial charge in [0.1, 0.15) is 13.2 Å². The molecule has 0 radical (unpaired) electrons. The average molecular weight is 871 g/mol. The highest BCUT2D eigenvalue weighted by atomic mass is 16.6. The molecule has 1 unspecified atom stereocenters. The lowest BCUT2D eigenvalue weighted by molar-refractivity contribution is -0.166. The van der Waals surface area contributed by atoms with Gasteiger partial charge in [-0.15, -0.1) is 0 Å². The van der Waals surface area contributed by atoms with E-state index in [4.69, 9.17) is 14.2 Å². The van der Waals surface area contributed by atoms with Gasteiger partial charge in [0.05, 0.1) is 6.42 Å². The van der Waals surface area contributed by atoms with Crippen LogP contribution in [0.2, 0.25) is 0 Å². The van der Waals surface area contributed by atoms with Crippen molar-refractivity contribution in [3.8, 4) is 0 Å². The van der Waals surface area contributed by atoms with Crippen molar-refractivity contribution in [2.45, 2.75) is 207 Å². The molecule has 6 heteroatoms. The summed E-state index contributed by atoms with van der Waals surface area (Å²) in [5, 5.41) is 0. The van der Waals surface area contributed by atoms with Crippen molar-refractivity contribution in [1.82, 2.24) is 0 Å². The molecule has 0 aromatic carbocycles. The number of ether oxygens (including phenoxy) is 3. The van der Waals surface area contributed by atoms with Crippen LogP contribution in [0.5, 0.6) is 0 Å². The van der Waals surface area contributed by atoms with E-state index in [-0.39, 0.29) is 31.6 Å². The number of unbranched alkanes of at least 4 members (excludes halogenated alkanes) is 13. The molecule has 0 aliphatic carbocycles. The third-order valence-corrected chi connectivity index (χ3v) is 9.96. The van der Waals surface area contributed by atoms with Crippen molar-refractivity contribution in [2.75, 3.05) is 13.2 Å². The Bertz CT molecular complexity index is 1370. The molecule has 0 spiro atoms. The Morgan fingerprint density at radius 1 is 0.349 bits per heavy atom. The van der Waals surface area contributed by atoms with Gasteiger partial charge in [-0.25, -0.2) is 0 Å². The maximum Gasteiger partial charge on any atom is 0.310 e. The SMILES string of the molecule is CC/C=C\C/C=C\C/C=C\C/C=C\C/C=C\CC(=O)OC(COC(=O)CCCCCCC/C=C\CCCC)COC(=O)CCCCCCCC/C=C\C/C=C\C/C=C\C/C=C\CC. The fourth-order valence-electron chi connectivity index (χ4n) is 6.25. The molecular weight excluding hydrogens is 781 g/mol. The van der Waals surface area contributed by atoms with E-state index < -0.39 is 12.1 Å². The Balaban J connectivity index is 4.53. The molecule has 0 aliphatic heterocycles. The predicted molar refractivity (Wildman–Crippen MR) is 269 cm³/mol. The topological polar surface area (TPSA) is 78.9 Å². The van der Waals surface area contributed by atoms with Gasteiger partial charge in [-0.1, -0.05) is 200 Å². The monoisotopic (exact) mass is 871 g/mol. The van der Waals surface area contributed by atoms with E-state index in [1.54, 1.807) is 6.08 Å². The minimum atomic E-state index is -0.844. The van der Waals surface area contributed by atoms with Gasteiger partial charge in [0.25, 0.3) is 0 Å². The summed E-state index contributed by atoms with van der Waals surface area (Å²) in [7, 11) is 0. The first kappa shape index (κ1) is 58.8. The Morgan fingerprint density at radius 3 is 1.06 bits per heavy atom. The standard InChI is InChI=1S/C57H90O6/c1-4-7-10-13-16-19-22-24-26-27-28-29-31-32-35-38-41-44-47-50-56(59)62-53-54(52-61-55(58)49-46-43-40-37-34-21-18-15-12-9-6-3)63-57(60)51-48-45-42-39-36-33-30-25-23-20-17-14-11-8-5-2/h7-8,10-11,15-20,24-26,28-30,36,39,45,48,54H,4-6,9,12-14,21-23,27,31-35,37-38,40-44,46-47,49-53H2,1-3H3/b10-7-,11-8-,18-15-,19-16-,20-17-,26-24-,29-28-,30-25-,39-36-,48-45-. The number of hydrogen-bond acceptors (Lipinski definition) is 6. The second kappa shape index (κ2) is 50.5. The van der Waals surface area contributed by atoms with E-state index in [2.05, 4.69) is 130 Å². The van der Waals surface area contributed by atoms with Gasteiger partial charge in [-0.3, -0.25) is 14.4 Å². The van der Waals surface area contributed by atoms with E-state index in [1.807, 2.05) is 6.08 Å². The molecular formula is C57H90O6. The molecule has 0 aliphatic rings. The van der Waals surface area contributed by atoms with Crippen molar-refractivity contribution in [2.24, 2.45) is 0 Å². The molecule has 0 aromatic heterocycles. The first-order chi connectivity index (χ1) is 31.0. The molecule has 0 rings (SSSR count). The minimum Gasteiger partial charge on any atom is -0.462 e. The summed E-state index contributed by atoms with van der Waals surface area (Å²) in [6, 6.07) is 0. The van der Waals surface area contributed by atoms with Crippen LogP contribution in [0.3, 0.4) is 0 Å². The van der Waals surface area contributed by atoms with Gasteiger partial charge in [-0.05, 0) is 103 Å². The second-order valence-corrected chi connectivity index (χ2v) is 16.0. The van der Waals surface area contributed by atoms with E-state index in [1.165, 1.54) is 38.5 Å². The molecule has 0 saturated carbocycles. The normalized spacial score (nSPS) is 13.1. The Morgan fingerprint density at radius 2 is 0.667 bits per heavy atom. The van der Waals surface area contributed by atoms with Gasteiger partial charge < -0.3 is 14.2 Å². The summed E-state index contributed by atoms with van der Waals surface area (Å²) in [6.45, 7) is 6.24. The molecule has 0 amide bonds. The molecule has 0 saturated heterocycles. The van der Waals surface area contributed by atoms with Crippen LogP contribution in [-0.4, -0.2) is 37.2 Å². The van der Waals surface area contributed by atoms with Crippen molar-refractivity contribution >= 4 is 17.9 Å². The maximum absolute atomic E-state index is 12.7. The zero-order chi connectivity index (χ0) is 45.8. The fourth-order valence-corrected chi connectivity index (χ4v) is 6.25. The van der Waals surface area contributed by atoms with Crippen LogP contribution in [-0.2, 0) is 28.6 Å². The Kier molecular flexibility index (Phi) is 47.1. The van der Waals surface area contributed by atoms with E-state index in [0.717, 1.165) is 116 Å². The number of allylic oxidation sites excluding steroid dienone is 19. The number of esters is 3. The molecule has 0 heterocycles. The predicted octanol–water partition coefficient (Wildman–Crippen LogP) is 16.5. The van der Waals surface area contributed by atoms with Crippen LogP contribution in [0, 0.1) is 0 Å². The second-order valence-electron chi connectivity index (χ2n) is 16.0. The van der Waals surface area contributed by atoms with Crippen LogP contribution in [0.25, 0.3) is 0 Å². The lowest BCUT2D eigenvalue weighted by atomic mass is 10.1. The van der Waals surface area contributed by atoms with E-state index in [9.17, 15) is 14.4 Å². The number of carbonyl (C=O) groups is 3. The highest BCUT2D eigenvalue weighted by Gasteiger charge is 2.19. The smallest absolute Gasteiger partial charge is 0.310 e. The molecule has 0 N–H and O–H groups in total. The zero-order valence-electron chi connectivity index (χ0n) is 40.3. The van der Waals surface area contributed by atoms with Crippen LogP contribution in [0.1, 0.15) is 201 Å². The van der Waals surface area contributed by atoms with Crippen LogP contribution < -0.4 is 0 Å². The van der Waals surface area contributed by atoms with Crippen LogP contribution >= 0.6 is 0 Å². The maximum atomic E-state index is 12.7. The molecule has 0 aromatic rings. The van der Waals surface area contributed by atoms with Crippen LogP contribution in [0.4, 0.5) is 0 Å². The lowest BCUT2D eigenvalue weighted by Gasteiger charge is -2.18. The summed E-state index contributed by atoms with van der Waals surface area (Å²) in [4.78, 5) is 37.9. The number of hydrogen-bond donors (Lipinski definition) is 0. The summed E-state index contributed by atoms with van der Waals surface area (Å²) >= 11 is 0. The van der Waals surface area contributed by atoms with Gasteiger partial charge in [0.2, 0.25) is 0 Å². The fraction of sp³-hybridized carbons (Fsp3) is 0.596. The Hall–Kier alpha value is -4.19. The van der Waals surface area contributed by atoms with Crippen LogP contribution in [0.15, 0.2) is 122 Å². The van der Waals surface area contributed by atoms with Crippen molar-refractivity contribution in [3.63, 3.8) is 0 Å². The Labute approximate surface area is 386 Å². The van der Waals surface area contributed by atoms with Gasteiger partial charge >= 0.3 is 17.9 Å². The molecule has 1 atom stereocenters. The number of rotatable bonds is 43. The van der Waals surface area contributed by atoms with Crippen molar-refractivity contribution in [3.05, 3.63) is 122 Å². The highest BCUT2D eigenvalue weighted by Crippen LogP contribution is 2.12. The lowest BCUT2D eigenvalue weighted by Crippen LogP contribution is -2.30. The first-order valence-corrected chi connectivity index (χ1v) is 25.0. The van der Waals surface area contributed by atoms with E-state index in [0.29, 0.717) is 19.3 Å². The van der Waals surface area contributed by atoms with E-state index >= 15 is 0 Å². The average Bonchev–Trinajstić information content (AvgIpc) is 3.28. The number of carbonyl (C=O) groups excluding carboxylic acids is 3. The third kappa shape index (κ3) is 48.7. The van der Waals surface area contributed by atoms with Crippen molar-refractivity contribution in [1.29, 1.82) is 0 Å². The summed E-state index contributed by atoms with van der Waals surface area (Å²) in [6.07, 6.45) is 69.2. The molecule has 0 fully saturated rings. The zero-order valence-corrected chi connectivity index (χ0v) is 40.3. The summed E-state index contributed by atoms with van der Waals surface area (Å²) in [5.41, 5.74) is 0. The molecule has 63 heavy (non-hydrogen) atoms. The molecule has 354 valence electrons. The molecule has 6 nitrogen and oxygen atoms in total. The quantitative estimate of drug-likeness (QED) is 0.0263. The van der Waals surface area contributed by atoms with Gasteiger partial charge in [-0.2, -0.15) is 0 Å². The summed E-state index contributed by atoms with van der Waals surface area (Å²) in [5.74, 6) is -1.09. The first-order valence-electron chi connectivity index (χ1n) is 25.0. The minimum absolute atomic E-state index is 0.0872. The third-order valence-electron chi connectivity index (χ3n) is 9.96. The van der Waals surface area contributed by atoms with Gasteiger partial charge in [0.15, 0.2) is 6.10 Å². The summed E-state index contributed by atoms with van der Waals surface area (Å²) < 4.78 is 16.6. The van der Waals surface area contributed by atoms with Gasteiger partial charge in [0, 0.05) is 12.8 Å². The molecule has 0 bridgehead atoms.